The smallest absolute Gasteiger partial charge is 0.409 e. The molecule has 0 aromatic carbocycles. The third kappa shape index (κ3) is 0.961. The normalized spacial score (nSPS) is 45.3. The quantitative estimate of drug-likeness (QED) is 0.436. The highest BCUT2D eigenvalue weighted by atomic mass is 16.6. The second-order valence-corrected chi connectivity index (χ2v) is 2.78. The molecule has 68 valence electrons. The third-order valence-electron chi connectivity index (χ3n) is 2.02. The fraction of sp³-hybridized carbons (Fsp3) is 0.833. The van der Waals surface area contributed by atoms with E-state index in [9.17, 15) is 9.90 Å². The van der Waals surface area contributed by atoms with Crippen LogP contribution >= 0.6 is 0 Å². The number of rotatable bonds is 1. The van der Waals surface area contributed by atoms with Gasteiger partial charge in [-0.3, -0.25) is 5.32 Å². The highest BCUT2D eigenvalue weighted by molar-refractivity contribution is 5.70. The van der Waals surface area contributed by atoms with Crippen molar-refractivity contribution in [3.05, 3.63) is 0 Å². The topological polar surface area (TPSA) is 88.0 Å². The zero-order chi connectivity index (χ0) is 8.72. The standard InChI is InChI=1S/C6H9NO5/c8-1-2-3(9)4-5(11-2)7-6(10)12-4/h2-5,8-9H,1H2,(H,7,10)/t2-,3-,4-,5+/m1/s1. The van der Waals surface area contributed by atoms with Crippen molar-refractivity contribution in [2.75, 3.05) is 6.61 Å². The first-order valence-electron chi connectivity index (χ1n) is 3.64. The van der Waals surface area contributed by atoms with E-state index in [2.05, 4.69) is 5.32 Å². The van der Waals surface area contributed by atoms with Crippen molar-refractivity contribution >= 4 is 6.09 Å². The van der Waals surface area contributed by atoms with Crippen LogP contribution < -0.4 is 5.32 Å². The molecule has 0 unspecified atom stereocenters. The summed E-state index contributed by atoms with van der Waals surface area (Å²) in [4.78, 5) is 10.6. The zero-order valence-corrected chi connectivity index (χ0v) is 6.14. The minimum absolute atomic E-state index is 0.284. The Morgan fingerprint density at radius 2 is 2.33 bits per heavy atom. The first kappa shape index (κ1) is 7.78. The fourth-order valence-electron chi connectivity index (χ4n) is 1.41. The maximum Gasteiger partial charge on any atom is 0.409 e. The molecule has 0 radical (unpaired) electrons. The summed E-state index contributed by atoms with van der Waals surface area (Å²) in [5.41, 5.74) is 0. The van der Waals surface area contributed by atoms with Crippen LogP contribution in [-0.2, 0) is 9.47 Å². The summed E-state index contributed by atoms with van der Waals surface area (Å²) in [6.45, 7) is -0.284. The van der Waals surface area contributed by atoms with Crippen LogP contribution in [0.2, 0.25) is 0 Å². The number of aliphatic hydroxyl groups excluding tert-OH is 2. The molecule has 4 atom stereocenters. The molecule has 6 heteroatoms. The molecule has 2 aliphatic heterocycles. The van der Waals surface area contributed by atoms with Crippen LogP contribution in [0.5, 0.6) is 0 Å². The minimum atomic E-state index is -0.945. The molecule has 12 heavy (non-hydrogen) atoms. The lowest BCUT2D eigenvalue weighted by Crippen LogP contribution is -2.33. The zero-order valence-electron chi connectivity index (χ0n) is 6.14. The lowest BCUT2D eigenvalue weighted by atomic mass is 10.1. The van der Waals surface area contributed by atoms with Crippen molar-refractivity contribution in [3.8, 4) is 0 Å². The lowest BCUT2D eigenvalue weighted by molar-refractivity contribution is -0.0296. The summed E-state index contributed by atoms with van der Waals surface area (Å²) >= 11 is 0. The second-order valence-electron chi connectivity index (χ2n) is 2.78. The number of ether oxygens (including phenoxy) is 2. The number of hydrogen-bond donors (Lipinski definition) is 3. The Kier molecular flexibility index (Phi) is 1.67. The van der Waals surface area contributed by atoms with Crippen LogP contribution in [0.3, 0.4) is 0 Å². The molecule has 0 spiro atoms. The van der Waals surface area contributed by atoms with Gasteiger partial charge in [0.15, 0.2) is 12.3 Å². The molecule has 0 saturated carbocycles. The fourth-order valence-corrected chi connectivity index (χ4v) is 1.41. The summed E-state index contributed by atoms with van der Waals surface area (Å²) in [6, 6.07) is 0. The third-order valence-corrected chi connectivity index (χ3v) is 2.02. The number of alkyl carbamates (subject to hydrolysis) is 1. The Hall–Kier alpha value is -0.850. The highest BCUT2D eigenvalue weighted by Gasteiger charge is 2.50. The largest absolute Gasteiger partial charge is 0.438 e. The number of nitrogens with one attached hydrogen (secondary N) is 1. The summed E-state index contributed by atoms with van der Waals surface area (Å²) in [5, 5.41) is 20.4. The van der Waals surface area contributed by atoms with Gasteiger partial charge >= 0.3 is 6.09 Å². The minimum Gasteiger partial charge on any atom is -0.438 e. The molecule has 2 rings (SSSR count). The molecule has 0 bridgehead atoms. The Balaban J connectivity index is 2.08. The molecular formula is C6H9NO5. The number of carbonyl (C=O) groups is 1. The molecule has 0 aromatic rings. The highest BCUT2D eigenvalue weighted by Crippen LogP contribution is 2.25. The Bertz CT molecular complexity index is 208. The van der Waals surface area contributed by atoms with Gasteiger partial charge in [-0.25, -0.2) is 4.79 Å². The lowest BCUT2D eigenvalue weighted by Gasteiger charge is -2.12. The number of carbonyl (C=O) groups excluding carboxylic acids is 1. The number of fused-ring (bicyclic) bond motifs is 1. The molecule has 2 saturated heterocycles. The van der Waals surface area contributed by atoms with Crippen LogP contribution in [0.1, 0.15) is 0 Å². The van der Waals surface area contributed by atoms with Crippen molar-refractivity contribution in [3.63, 3.8) is 0 Å². The van der Waals surface area contributed by atoms with Crippen LogP contribution in [0, 0.1) is 0 Å². The van der Waals surface area contributed by atoms with Gasteiger partial charge in [0, 0.05) is 0 Å². The Morgan fingerprint density at radius 1 is 1.58 bits per heavy atom. The molecule has 0 aromatic heterocycles. The monoisotopic (exact) mass is 175 g/mol. The van der Waals surface area contributed by atoms with Gasteiger partial charge in [-0.2, -0.15) is 0 Å². The number of amides is 1. The van der Waals surface area contributed by atoms with Gasteiger partial charge in [0.05, 0.1) is 6.61 Å². The number of aliphatic hydroxyl groups is 2. The summed E-state index contributed by atoms with van der Waals surface area (Å²) in [7, 11) is 0. The van der Waals surface area contributed by atoms with Crippen molar-refractivity contribution in [1.82, 2.24) is 5.32 Å². The first-order valence-corrected chi connectivity index (χ1v) is 3.64. The predicted octanol–water partition coefficient (Wildman–Crippen LogP) is -1.83. The van der Waals surface area contributed by atoms with Crippen molar-refractivity contribution < 1.29 is 24.5 Å². The van der Waals surface area contributed by atoms with Gasteiger partial charge in [0.2, 0.25) is 0 Å². The van der Waals surface area contributed by atoms with Gasteiger partial charge in [-0.15, -0.1) is 0 Å². The van der Waals surface area contributed by atoms with E-state index < -0.39 is 30.6 Å². The van der Waals surface area contributed by atoms with E-state index in [1.54, 1.807) is 0 Å². The molecule has 1 amide bonds. The SMILES string of the molecule is O=C1N[C@H]2O[C@H](CO)[C@@H](O)[C@H]2O1. The number of hydrogen-bond acceptors (Lipinski definition) is 5. The summed E-state index contributed by atoms with van der Waals surface area (Å²) < 4.78 is 9.75. The van der Waals surface area contributed by atoms with Crippen molar-refractivity contribution in [1.29, 1.82) is 0 Å². The average Bonchev–Trinajstić information content (AvgIpc) is 2.51. The van der Waals surface area contributed by atoms with Crippen LogP contribution in [0.4, 0.5) is 4.79 Å². The van der Waals surface area contributed by atoms with Gasteiger partial charge in [0.1, 0.15) is 12.2 Å². The maximum absolute atomic E-state index is 10.6. The van der Waals surface area contributed by atoms with Crippen LogP contribution in [0.15, 0.2) is 0 Å². The van der Waals surface area contributed by atoms with Crippen LogP contribution in [-0.4, -0.2) is 47.5 Å². The summed E-state index contributed by atoms with van der Waals surface area (Å²) in [5.74, 6) is 0. The van der Waals surface area contributed by atoms with Crippen molar-refractivity contribution in [2.45, 2.75) is 24.5 Å². The van der Waals surface area contributed by atoms with Crippen molar-refractivity contribution in [2.24, 2.45) is 0 Å². The molecule has 2 fully saturated rings. The van der Waals surface area contributed by atoms with Gasteiger partial charge in [0.25, 0.3) is 0 Å². The van der Waals surface area contributed by atoms with E-state index in [-0.39, 0.29) is 6.61 Å². The van der Waals surface area contributed by atoms with E-state index in [1.807, 2.05) is 0 Å². The molecule has 0 aliphatic carbocycles. The molecule has 6 nitrogen and oxygen atoms in total. The van der Waals surface area contributed by atoms with Crippen LogP contribution in [0.25, 0.3) is 0 Å². The van der Waals surface area contributed by atoms with E-state index >= 15 is 0 Å². The summed E-state index contributed by atoms with van der Waals surface area (Å²) in [6.07, 6.45) is -3.51. The molecule has 3 N–H and O–H groups in total. The molecule has 2 aliphatic rings. The first-order chi connectivity index (χ1) is 5.72. The molecular weight excluding hydrogens is 166 g/mol. The van der Waals surface area contributed by atoms with E-state index in [4.69, 9.17) is 14.6 Å². The van der Waals surface area contributed by atoms with E-state index in [0.717, 1.165) is 0 Å². The van der Waals surface area contributed by atoms with Gasteiger partial charge < -0.3 is 19.7 Å². The molecule has 2 heterocycles. The maximum atomic E-state index is 10.6. The average molecular weight is 175 g/mol. The van der Waals surface area contributed by atoms with Gasteiger partial charge in [-0.1, -0.05) is 0 Å². The Labute approximate surface area is 68.1 Å². The van der Waals surface area contributed by atoms with E-state index in [1.165, 1.54) is 0 Å². The second kappa shape index (κ2) is 2.58. The predicted molar refractivity (Wildman–Crippen MR) is 35.2 cm³/mol. The van der Waals surface area contributed by atoms with E-state index in [0.29, 0.717) is 0 Å². The Morgan fingerprint density at radius 3 is 2.92 bits per heavy atom. The van der Waals surface area contributed by atoms with Gasteiger partial charge in [-0.05, 0) is 0 Å².